The predicted molar refractivity (Wildman–Crippen MR) is 58.6 cm³/mol. The number of aromatic nitrogens is 2. The van der Waals surface area contributed by atoms with Crippen molar-refractivity contribution in [2.45, 2.75) is 19.4 Å². The van der Waals surface area contributed by atoms with E-state index < -0.39 is 0 Å². The quantitative estimate of drug-likeness (QED) is 0.791. The third-order valence-corrected chi connectivity index (χ3v) is 2.99. The second-order valence-corrected chi connectivity index (χ2v) is 4.23. The second-order valence-electron chi connectivity index (χ2n) is 4.23. The summed E-state index contributed by atoms with van der Waals surface area (Å²) in [5, 5.41) is 13.1. The summed E-state index contributed by atoms with van der Waals surface area (Å²) in [5.41, 5.74) is 0. The third kappa shape index (κ3) is 2.61. The molecule has 0 unspecified atom stereocenters. The van der Waals surface area contributed by atoms with E-state index in [1.165, 1.54) is 0 Å². The lowest BCUT2D eigenvalue weighted by molar-refractivity contribution is -0.134. The summed E-state index contributed by atoms with van der Waals surface area (Å²) < 4.78 is 1.63. The average molecular weight is 223 g/mol. The zero-order valence-electron chi connectivity index (χ0n) is 9.25. The van der Waals surface area contributed by atoms with E-state index in [4.69, 9.17) is 5.11 Å². The first kappa shape index (κ1) is 11.1. The van der Waals surface area contributed by atoms with Crippen molar-refractivity contribution in [2.24, 2.45) is 5.92 Å². The Morgan fingerprint density at radius 1 is 1.56 bits per heavy atom. The van der Waals surface area contributed by atoms with Gasteiger partial charge in [0.1, 0.15) is 6.54 Å². The molecule has 0 spiro atoms. The number of nitrogens with zero attached hydrogens (tertiary/aromatic N) is 3. The molecule has 1 atom stereocenters. The van der Waals surface area contributed by atoms with Crippen LogP contribution in [0, 0.1) is 5.92 Å². The molecule has 1 fully saturated rings. The molecule has 2 rings (SSSR count). The summed E-state index contributed by atoms with van der Waals surface area (Å²) in [6, 6.07) is 1.81. The fourth-order valence-corrected chi connectivity index (χ4v) is 2.07. The first-order valence-corrected chi connectivity index (χ1v) is 5.65. The summed E-state index contributed by atoms with van der Waals surface area (Å²) >= 11 is 0. The topological polar surface area (TPSA) is 58.4 Å². The Morgan fingerprint density at radius 3 is 3.12 bits per heavy atom. The molecule has 1 aliphatic rings. The fraction of sp³-hybridized carbons (Fsp3) is 0.636. The van der Waals surface area contributed by atoms with Crippen LogP contribution in [-0.4, -0.2) is 45.4 Å². The smallest absolute Gasteiger partial charge is 0.244 e. The summed E-state index contributed by atoms with van der Waals surface area (Å²) in [5.74, 6) is 0.331. The SMILES string of the molecule is O=C(Cn1cccn1)N1CCC[C@@H](CO)C1. The molecule has 0 radical (unpaired) electrons. The Labute approximate surface area is 94.7 Å². The molecule has 1 saturated heterocycles. The van der Waals surface area contributed by atoms with Gasteiger partial charge in [0.2, 0.25) is 5.91 Å². The fourth-order valence-electron chi connectivity index (χ4n) is 2.07. The van der Waals surface area contributed by atoms with Crippen LogP contribution in [0.5, 0.6) is 0 Å². The highest BCUT2D eigenvalue weighted by atomic mass is 16.3. The summed E-state index contributed by atoms with van der Waals surface area (Å²) in [6.07, 6.45) is 5.45. The van der Waals surface area contributed by atoms with Crippen molar-refractivity contribution in [3.8, 4) is 0 Å². The van der Waals surface area contributed by atoms with Crippen LogP contribution in [0.25, 0.3) is 0 Å². The standard InChI is InChI=1S/C11H17N3O2/c15-9-10-3-1-5-13(7-10)11(16)8-14-6-2-4-12-14/h2,4,6,10,15H,1,3,5,7-9H2/t10-/m1/s1. The molecule has 0 aliphatic carbocycles. The highest BCUT2D eigenvalue weighted by Crippen LogP contribution is 2.15. The van der Waals surface area contributed by atoms with E-state index in [0.717, 1.165) is 19.4 Å². The summed E-state index contributed by atoms with van der Waals surface area (Å²) in [7, 11) is 0. The molecule has 1 aromatic heterocycles. The van der Waals surface area contributed by atoms with Crippen LogP contribution in [0.3, 0.4) is 0 Å². The van der Waals surface area contributed by atoms with Crippen molar-refractivity contribution in [3.05, 3.63) is 18.5 Å². The van der Waals surface area contributed by atoms with Gasteiger partial charge in [0, 0.05) is 32.1 Å². The number of carbonyl (C=O) groups excluding carboxylic acids is 1. The van der Waals surface area contributed by atoms with Gasteiger partial charge in [-0.2, -0.15) is 5.10 Å². The highest BCUT2D eigenvalue weighted by Gasteiger charge is 2.22. The molecule has 0 aromatic carbocycles. The van der Waals surface area contributed by atoms with Crippen molar-refractivity contribution < 1.29 is 9.90 Å². The Morgan fingerprint density at radius 2 is 2.44 bits per heavy atom. The van der Waals surface area contributed by atoms with Gasteiger partial charge in [0.25, 0.3) is 0 Å². The normalized spacial score (nSPS) is 21.1. The largest absolute Gasteiger partial charge is 0.396 e. The Kier molecular flexibility index (Phi) is 3.56. The van der Waals surface area contributed by atoms with Gasteiger partial charge >= 0.3 is 0 Å². The number of piperidine rings is 1. The minimum atomic E-state index is 0.0850. The zero-order valence-corrected chi connectivity index (χ0v) is 9.25. The minimum absolute atomic E-state index is 0.0850. The van der Waals surface area contributed by atoms with E-state index in [2.05, 4.69) is 5.10 Å². The maximum Gasteiger partial charge on any atom is 0.244 e. The number of carbonyl (C=O) groups is 1. The van der Waals surface area contributed by atoms with Crippen LogP contribution in [0.1, 0.15) is 12.8 Å². The third-order valence-electron chi connectivity index (χ3n) is 2.99. The van der Waals surface area contributed by atoms with E-state index in [0.29, 0.717) is 13.1 Å². The van der Waals surface area contributed by atoms with Crippen LogP contribution in [0.15, 0.2) is 18.5 Å². The van der Waals surface area contributed by atoms with Crippen LogP contribution < -0.4 is 0 Å². The van der Waals surface area contributed by atoms with Gasteiger partial charge in [-0.25, -0.2) is 0 Å². The average Bonchev–Trinajstić information content (AvgIpc) is 2.82. The number of aliphatic hydroxyl groups is 1. The molecule has 1 amide bonds. The zero-order chi connectivity index (χ0) is 11.4. The monoisotopic (exact) mass is 223 g/mol. The molecular formula is C11H17N3O2. The molecule has 1 N–H and O–H groups in total. The van der Waals surface area contributed by atoms with Crippen LogP contribution >= 0.6 is 0 Å². The summed E-state index contributed by atoms with van der Waals surface area (Å²) in [6.45, 7) is 1.95. The van der Waals surface area contributed by atoms with Gasteiger partial charge in [0.05, 0.1) is 0 Å². The van der Waals surface area contributed by atoms with Gasteiger partial charge in [-0.05, 0) is 24.8 Å². The predicted octanol–water partition coefficient (Wildman–Crippen LogP) is 0.114. The van der Waals surface area contributed by atoms with Crippen LogP contribution in [-0.2, 0) is 11.3 Å². The molecule has 5 nitrogen and oxygen atoms in total. The molecule has 2 heterocycles. The van der Waals surface area contributed by atoms with Crippen LogP contribution in [0.4, 0.5) is 0 Å². The van der Waals surface area contributed by atoms with Gasteiger partial charge in [-0.1, -0.05) is 0 Å². The molecule has 16 heavy (non-hydrogen) atoms. The minimum Gasteiger partial charge on any atom is -0.396 e. The lowest BCUT2D eigenvalue weighted by atomic mass is 9.99. The van der Waals surface area contributed by atoms with Crippen molar-refractivity contribution in [1.82, 2.24) is 14.7 Å². The van der Waals surface area contributed by atoms with Crippen molar-refractivity contribution in [2.75, 3.05) is 19.7 Å². The lowest BCUT2D eigenvalue weighted by Gasteiger charge is -2.31. The number of amides is 1. The molecule has 5 heteroatoms. The Hall–Kier alpha value is -1.36. The first-order valence-electron chi connectivity index (χ1n) is 5.65. The van der Waals surface area contributed by atoms with Crippen molar-refractivity contribution in [1.29, 1.82) is 0 Å². The van der Waals surface area contributed by atoms with Gasteiger partial charge < -0.3 is 10.0 Å². The molecule has 0 bridgehead atoms. The highest BCUT2D eigenvalue weighted by molar-refractivity contribution is 5.76. The molecule has 1 aromatic rings. The van der Waals surface area contributed by atoms with E-state index >= 15 is 0 Å². The molecule has 1 aliphatic heterocycles. The maximum absolute atomic E-state index is 11.9. The van der Waals surface area contributed by atoms with E-state index in [1.807, 2.05) is 4.90 Å². The summed E-state index contributed by atoms with van der Waals surface area (Å²) in [4.78, 5) is 13.7. The van der Waals surface area contributed by atoms with E-state index in [1.54, 1.807) is 23.1 Å². The van der Waals surface area contributed by atoms with Crippen LogP contribution in [0.2, 0.25) is 0 Å². The number of hydrogen-bond acceptors (Lipinski definition) is 3. The molecule has 88 valence electrons. The number of hydrogen-bond donors (Lipinski definition) is 1. The Balaban J connectivity index is 1.89. The van der Waals surface area contributed by atoms with Gasteiger partial charge in [-0.3, -0.25) is 9.48 Å². The van der Waals surface area contributed by atoms with Crippen molar-refractivity contribution >= 4 is 5.91 Å². The number of aliphatic hydroxyl groups excluding tert-OH is 1. The van der Waals surface area contributed by atoms with Crippen molar-refractivity contribution in [3.63, 3.8) is 0 Å². The lowest BCUT2D eigenvalue weighted by Crippen LogP contribution is -2.42. The maximum atomic E-state index is 11.9. The number of likely N-dealkylation sites (tertiary alicyclic amines) is 1. The molecule has 0 saturated carbocycles. The molecular weight excluding hydrogens is 206 g/mol. The van der Waals surface area contributed by atoms with Gasteiger partial charge in [0.15, 0.2) is 0 Å². The van der Waals surface area contributed by atoms with E-state index in [9.17, 15) is 4.79 Å². The first-order chi connectivity index (χ1) is 7.79. The Bertz CT molecular complexity index is 337. The number of rotatable bonds is 3. The second kappa shape index (κ2) is 5.12. The van der Waals surface area contributed by atoms with Gasteiger partial charge in [-0.15, -0.1) is 0 Å². The van der Waals surface area contributed by atoms with E-state index in [-0.39, 0.29) is 18.4 Å².